The molecule has 0 aliphatic carbocycles. The van der Waals surface area contributed by atoms with Crippen molar-refractivity contribution in [2.24, 2.45) is 0 Å². The molecule has 0 N–H and O–H groups in total. The summed E-state index contributed by atoms with van der Waals surface area (Å²) in [5.41, 5.74) is 1.29. The van der Waals surface area contributed by atoms with E-state index in [4.69, 9.17) is 0 Å². The van der Waals surface area contributed by atoms with Crippen LogP contribution in [0.2, 0.25) is 0 Å². The van der Waals surface area contributed by atoms with Gasteiger partial charge in [-0.25, -0.2) is 12.1 Å². The maximum atomic E-state index is 3.34. The molecule has 0 atom stereocenters. The molecular weight excluding hydrogens is 318 g/mol. The molecule has 0 nitrogen and oxygen atoms in total. The van der Waals surface area contributed by atoms with Gasteiger partial charge in [-0.15, -0.1) is 0 Å². The first kappa shape index (κ1) is 21.2. The van der Waals surface area contributed by atoms with E-state index in [1.165, 1.54) is 29.8 Å². The van der Waals surface area contributed by atoms with Crippen molar-refractivity contribution in [1.29, 1.82) is 0 Å². The Labute approximate surface area is 126 Å². The summed E-state index contributed by atoms with van der Waals surface area (Å²) in [5, 5.41) is 0. The monoisotopic (exact) mass is 330 g/mol. The van der Waals surface area contributed by atoms with E-state index in [0.717, 1.165) is 0 Å². The number of rotatable bonds is 0. The quantitative estimate of drug-likeness (QED) is 0.457. The number of aryl methyl sites for hydroxylation is 1. The molecule has 0 radical (unpaired) electrons. The van der Waals surface area contributed by atoms with E-state index in [-0.39, 0.29) is 24.8 Å². The molecule has 0 unspecified atom stereocenters. The molecule has 0 saturated heterocycles. The van der Waals surface area contributed by atoms with Crippen LogP contribution in [0, 0.1) is 13.0 Å². The topological polar surface area (TPSA) is 0 Å². The Morgan fingerprint density at radius 2 is 1.50 bits per heavy atom. The summed E-state index contributed by atoms with van der Waals surface area (Å²) in [5.74, 6) is 0. The van der Waals surface area contributed by atoms with Gasteiger partial charge in [0, 0.05) is 0 Å². The summed E-state index contributed by atoms with van der Waals surface area (Å²) in [6.07, 6.45) is 0. The van der Waals surface area contributed by atoms with Gasteiger partial charge < -0.3 is 24.8 Å². The predicted molar refractivity (Wildman–Crippen MR) is 59.2 cm³/mol. The van der Waals surface area contributed by atoms with Crippen LogP contribution in [-0.4, -0.2) is 4.21 Å². The van der Waals surface area contributed by atoms with Crippen LogP contribution in [0.25, 0.3) is 0 Å². The molecule has 86 valence electrons. The second-order valence-corrected chi connectivity index (χ2v) is 2.54. The largest absolute Gasteiger partial charge is 1.00 e. The summed E-state index contributed by atoms with van der Waals surface area (Å²) in [7, 11) is 0. The van der Waals surface area contributed by atoms with E-state index < -0.39 is 0 Å². The molecule has 0 spiro atoms. The molecule has 0 aromatic heterocycles. The van der Waals surface area contributed by atoms with Gasteiger partial charge in [-0.2, -0.15) is 54.1 Å². The van der Waals surface area contributed by atoms with Gasteiger partial charge in [-0.1, -0.05) is 6.92 Å². The zero-order valence-electron chi connectivity index (χ0n) is 9.16. The Morgan fingerprint density at radius 3 is 1.69 bits per heavy atom. The van der Waals surface area contributed by atoms with E-state index in [1.807, 2.05) is 54.6 Å². The van der Waals surface area contributed by atoms with Crippen molar-refractivity contribution in [2.75, 3.05) is 0 Å². The molecule has 0 aliphatic heterocycles. The van der Waals surface area contributed by atoms with Crippen molar-refractivity contribution in [3.05, 3.63) is 66.2 Å². The Balaban J connectivity index is -0.000000169. The summed E-state index contributed by atoms with van der Waals surface area (Å²) in [6.45, 7) is 2.06. The molecule has 2 aromatic carbocycles. The van der Waals surface area contributed by atoms with Gasteiger partial charge in [-0.3, -0.25) is 0 Å². The maximum Gasteiger partial charge on any atom is -0.172 e. The number of hydrogen-bond acceptors (Lipinski definition) is 0. The second-order valence-electron chi connectivity index (χ2n) is 2.54. The summed E-state index contributed by atoms with van der Waals surface area (Å²) >= 11 is 1.30. The molecule has 0 amide bonds. The minimum absolute atomic E-state index is 0. The van der Waals surface area contributed by atoms with Crippen molar-refractivity contribution in [1.82, 2.24) is 0 Å². The first-order valence-corrected chi connectivity index (χ1v) is 6.08. The number of hydrogen-bond donors (Lipinski definition) is 0. The number of benzene rings is 1. The van der Waals surface area contributed by atoms with Crippen LogP contribution >= 0.6 is 0 Å². The average Bonchev–Trinajstić information content (AvgIpc) is 2.80. The van der Waals surface area contributed by atoms with Crippen LogP contribution < -0.4 is 24.8 Å². The van der Waals surface area contributed by atoms with Crippen molar-refractivity contribution >= 4 is 4.21 Å². The van der Waals surface area contributed by atoms with Gasteiger partial charge in [0.1, 0.15) is 0 Å². The van der Waals surface area contributed by atoms with Gasteiger partial charge in [0.05, 0.1) is 0 Å². The van der Waals surface area contributed by atoms with E-state index in [0.29, 0.717) is 0 Å². The molecule has 0 saturated carbocycles. The van der Waals surface area contributed by atoms with Gasteiger partial charge in [0.2, 0.25) is 0 Å². The predicted octanol–water partition coefficient (Wildman–Crippen LogP) is -2.83. The Bertz CT molecular complexity index is 276. The molecule has 2 rings (SSSR count). The molecule has 16 heavy (non-hydrogen) atoms. The zero-order chi connectivity index (χ0) is 10.6. The number of halogens is 2. The Hall–Kier alpha value is -0.0969. The van der Waals surface area contributed by atoms with E-state index in [9.17, 15) is 0 Å². The summed E-state index contributed by atoms with van der Waals surface area (Å²) in [4.78, 5) is 0. The van der Waals surface area contributed by atoms with Crippen LogP contribution in [0.5, 0.6) is 0 Å². The van der Waals surface area contributed by atoms with Crippen LogP contribution in [0.3, 0.4) is 0 Å². The summed E-state index contributed by atoms with van der Waals surface area (Å²) < 4.78 is 3.34. The van der Waals surface area contributed by atoms with Crippen LogP contribution in [-0.2, 0) is 24.2 Å². The molecule has 2 aromatic rings. The fourth-order valence-corrected chi connectivity index (χ4v) is 0.791. The van der Waals surface area contributed by atoms with Gasteiger partial charge in [0.15, 0.2) is 0 Å². The average molecular weight is 332 g/mol. The maximum absolute atomic E-state index is 3.34. The Morgan fingerprint density at radius 1 is 1.06 bits per heavy atom. The molecule has 0 bridgehead atoms. The smallest absolute Gasteiger partial charge is 0.172 e. The first-order valence-electron chi connectivity index (χ1n) is 4.34. The van der Waals surface area contributed by atoms with Crippen molar-refractivity contribution < 1.29 is 49.0 Å². The van der Waals surface area contributed by atoms with Crippen molar-refractivity contribution in [3.63, 3.8) is 0 Å². The molecule has 0 heterocycles. The standard InChI is InChI=1S/C7H7.C5H5.CH2.2ClH.Zr/c1-7-5-3-2-4-6-7;1-2-4-5-3-1;;;;/h3-6H,1H3;1-5H;1H2;2*1H;/q2*-1;;;;+2/p-2. The molecule has 0 fully saturated rings. The molecule has 3 heteroatoms. The van der Waals surface area contributed by atoms with E-state index in [2.05, 4.69) is 17.2 Å². The third-order valence-electron chi connectivity index (χ3n) is 1.44. The Kier molecular flexibility index (Phi) is 22.9. The van der Waals surface area contributed by atoms with Crippen molar-refractivity contribution in [3.8, 4) is 0 Å². The van der Waals surface area contributed by atoms with Crippen LogP contribution in [0.1, 0.15) is 5.56 Å². The molecule has 0 aliphatic rings. The fraction of sp³-hybridized carbons (Fsp3) is 0.0769. The van der Waals surface area contributed by atoms with E-state index >= 15 is 0 Å². The van der Waals surface area contributed by atoms with Gasteiger partial charge >= 0.3 is 28.4 Å². The SMILES string of the molecule is Cc1cc[c-]cc1.[CH2]=[Zr+2].[Cl-].[Cl-].c1cc[cH-]c1. The van der Waals surface area contributed by atoms with Crippen molar-refractivity contribution in [2.45, 2.75) is 6.92 Å². The van der Waals surface area contributed by atoms with Crippen LogP contribution in [0.15, 0.2) is 54.6 Å². The third kappa shape index (κ3) is 13.9. The third-order valence-corrected chi connectivity index (χ3v) is 1.44. The fourth-order valence-electron chi connectivity index (χ4n) is 0.791. The van der Waals surface area contributed by atoms with Gasteiger partial charge in [0.25, 0.3) is 0 Å². The zero-order valence-corrected chi connectivity index (χ0v) is 13.1. The van der Waals surface area contributed by atoms with E-state index in [1.54, 1.807) is 0 Å². The minimum Gasteiger partial charge on any atom is -1.00 e. The van der Waals surface area contributed by atoms with Gasteiger partial charge in [-0.05, 0) is 0 Å². The normalized spacial score (nSPS) is 6.69. The second kappa shape index (κ2) is 17.3. The minimum atomic E-state index is 0. The molecular formula is C13H14Cl2Zr-2. The summed E-state index contributed by atoms with van der Waals surface area (Å²) in [6, 6.07) is 20.8. The van der Waals surface area contributed by atoms with Crippen LogP contribution in [0.4, 0.5) is 0 Å². The first-order chi connectivity index (χ1) is 6.89.